The molecule has 134 valence electrons. The summed E-state index contributed by atoms with van der Waals surface area (Å²) in [4.78, 5) is 26.3. The van der Waals surface area contributed by atoms with Crippen LogP contribution in [0.15, 0.2) is 34.2 Å². The van der Waals surface area contributed by atoms with E-state index in [0.29, 0.717) is 6.42 Å². The summed E-state index contributed by atoms with van der Waals surface area (Å²) in [7, 11) is 0. The van der Waals surface area contributed by atoms with Crippen LogP contribution in [0, 0.1) is 6.92 Å². The van der Waals surface area contributed by atoms with Crippen LogP contribution in [0.4, 0.5) is 18.9 Å². The van der Waals surface area contributed by atoms with Crippen LogP contribution in [0.25, 0.3) is 0 Å². The van der Waals surface area contributed by atoms with Crippen molar-refractivity contribution in [1.29, 1.82) is 0 Å². The first-order chi connectivity index (χ1) is 11.7. The number of anilines is 1. The third kappa shape index (κ3) is 5.05. The van der Waals surface area contributed by atoms with E-state index < -0.39 is 28.5 Å². The van der Waals surface area contributed by atoms with Gasteiger partial charge in [-0.1, -0.05) is 18.7 Å². The van der Waals surface area contributed by atoms with Gasteiger partial charge >= 0.3 is 6.18 Å². The number of carbonyl (C=O) groups is 1. The summed E-state index contributed by atoms with van der Waals surface area (Å²) in [6.07, 6.45) is -4.00. The number of amides is 1. The SMILES string of the molecule is CCC(Sc1nnc(C)c(=O)[nH]1)C(=O)Nc1ccc(C(F)(F)F)cc1. The van der Waals surface area contributed by atoms with Gasteiger partial charge in [-0.05, 0) is 37.6 Å². The second-order valence-electron chi connectivity index (χ2n) is 5.12. The van der Waals surface area contributed by atoms with Gasteiger partial charge in [0.1, 0.15) is 5.69 Å². The van der Waals surface area contributed by atoms with E-state index in [4.69, 9.17) is 0 Å². The van der Waals surface area contributed by atoms with Gasteiger partial charge in [-0.3, -0.25) is 14.6 Å². The lowest BCUT2D eigenvalue weighted by Crippen LogP contribution is -2.25. The Labute approximate surface area is 145 Å². The summed E-state index contributed by atoms with van der Waals surface area (Å²) in [6.45, 7) is 3.28. The summed E-state index contributed by atoms with van der Waals surface area (Å²) >= 11 is 1.03. The number of thioether (sulfide) groups is 1. The lowest BCUT2D eigenvalue weighted by Gasteiger charge is -2.14. The highest BCUT2D eigenvalue weighted by atomic mass is 32.2. The van der Waals surface area contributed by atoms with Crippen LogP contribution in [0.2, 0.25) is 0 Å². The fraction of sp³-hybridized carbons (Fsp3) is 0.333. The van der Waals surface area contributed by atoms with E-state index in [-0.39, 0.29) is 16.5 Å². The molecule has 1 atom stereocenters. The largest absolute Gasteiger partial charge is 0.416 e. The molecule has 0 aliphatic heterocycles. The zero-order valence-corrected chi connectivity index (χ0v) is 14.2. The molecule has 2 rings (SSSR count). The fourth-order valence-corrected chi connectivity index (χ4v) is 2.70. The minimum absolute atomic E-state index is 0.199. The third-order valence-corrected chi connectivity index (χ3v) is 4.48. The zero-order valence-electron chi connectivity index (χ0n) is 13.3. The van der Waals surface area contributed by atoms with Crippen molar-refractivity contribution in [3.8, 4) is 0 Å². The minimum Gasteiger partial charge on any atom is -0.325 e. The Kier molecular flexibility index (Phi) is 5.83. The number of aromatic amines is 1. The number of hydrogen-bond acceptors (Lipinski definition) is 5. The van der Waals surface area contributed by atoms with Crippen LogP contribution in [0.1, 0.15) is 24.6 Å². The molecule has 0 spiro atoms. The van der Waals surface area contributed by atoms with Gasteiger partial charge in [0.05, 0.1) is 10.8 Å². The number of nitrogens with one attached hydrogen (secondary N) is 2. The molecule has 1 heterocycles. The molecule has 2 N–H and O–H groups in total. The van der Waals surface area contributed by atoms with Gasteiger partial charge in [-0.15, -0.1) is 10.2 Å². The number of H-pyrrole nitrogens is 1. The number of carbonyl (C=O) groups excluding carboxylic acids is 1. The second-order valence-corrected chi connectivity index (χ2v) is 6.32. The molecular weight excluding hydrogens is 357 g/mol. The van der Waals surface area contributed by atoms with Crippen LogP contribution in [0.3, 0.4) is 0 Å². The molecule has 2 aromatic rings. The van der Waals surface area contributed by atoms with Crippen molar-refractivity contribution >= 4 is 23.4 Å². The zero-order chi connectivity index (χ0) is 18.6. The number of halogens is 3. The van der Waals surface area contributed by atoms with Crippen molar-refractivity contribution < 1.29 is 18.0 Å². The van der Waals surface area contributed by atoms with Gasteiger partial charge in [-0.2, -0.15) is 13.2 Å². The molecule has 0 saturated carbocycles. The van der Waals surface area contributed by atoms with Gasteiger partial charge < -0.3 is 5.32 Å². The Balaban J connectivity index is 2.06. The van der Waals surface area contributed by atoms with E-state index in [0.717, 1.165) is 23.9 Å². The summed E-state index contributed by atoms with van der Waals surface area (Å²) in [6, 6.07) is 4.16. The first-order valence-corrected chi connectivity index (χ1v) is 8.17. The van der Waals surface area contributed by atoms with E-state index in [9.17, 15) is 22.8 Å². The van der Waals surface area contributed by atoms with Gasteiger partial charge in [0.2, 0.25) is 5.91 Å². The number of benzene rings is 1. The number of aryl methyl sites for hydroxylation is 1. The molecule has 0 fully saturated rings. The van der Waals surface area contributed by atoms with E-state index in [1.165, 1.54) is 19.1 Å². The van der Waals surface area contributed by atoms with Crippen molar-refractivity contribution in [3.63, 3.8) is 0 Å². The Hall–Kier alpha value is -2.36. The van der Waals surface area contributed by atoms with E-state index in [1.807, 2.05) is 0 Å². The summed E-state index contributed by atoms with van der Waals surface area (Å²) in [5, 5.41) is 9.66. The maximum Gasteiger partial charge on any atom is 0.416 e. The highest BCUT2D eigenvalue weighted by Gasteiger charge is 2.30. The molecule has 1 unspecified atom stereocenters. The van der Waals surface area contributed by atoms with Gasteiger partial charge in [0, 0.05) is 5.69 Å². The van der Waals surface area contributed by atoms with Crippen LogP contribution < -0.4 is 10.9 Å². The molecule has 1 aromatic carbocycles. The molecule has 1 amide bonds. The van der Waals surface area contributed by atoms with Crippen molar-refractivity contribution in [2.24, 2.45) is 0 Å². The summed E-state index contributed by atoms with van der Waals surface area (Å²) < 4.78 is 37.6. The molecule has 25 heavy (non-hydrogen) atoms. The topological polar surface area (TPSA) is 87.7 Å². The lowest BCUT2D eigenvalue weighted by atomic mass is 10.2. The normalized spacial score (nSPS) is 12.7. The highest BCUT2D eigenvalue weighted by molar-refractivity contribution is 8.00. The Morgan fingerprint density at radius 3 is 2.44 bits per heavy atom. The Bertz CT molecular complexity index is 806. The van der Waals surface area contributed by atoms with Crippen LogP contribution in [-0.4, -0.2) is 26.3 Å². The van der Waals surface area contributed by atoms with Crippen LogP contribution in [-0.2, 0) is 11.0 Å². The van der Waals surface area contributed by atoms with Gasteiger partial charge in [0.15, 0.2) is 5.16 Å². The van der Waals surface area contributed by atoms with Crippen LogP contribution >= 0.6 is 11.8 Å². The standard InChI is InChI=1S/C15H15F3N4O2S/c1-3-11(25-14-20-12(23)8(2)21-22-14)13(24)19-10-6-4-9(5-7-10)15(16,17)18/h4-7,11H,3H2,1-2H3,(H,19,24)(H,20,22,23). The third-order valence-electron chi connectivity index (χ3n) is 3.24. The monoisotopic (exact) mass is 372 g/mol. The van der Waals surface area contributed by atoms with Gasteiger partial charge in [0.25, 0.3) is 5.56 Å². The molecule has 1 aromatic heterocycles. The quantitative estimate of drug-likeness (QED) is 0.788. The lowest BCUT2D eigenvalue weighted by molar-refractivity contribution is -0.137. The van der Waals surface area contributed by atoms with Crippen molar-refractivity contribution in [3.05, 3.63) is 45.9 Å². The molecule has 0 radical (unpaired) electrons. The first-order valence-electron chi connectivity index (χ1n) is 7.29. The highest BCUT2D eigenvalue weighted by Crippen LogP contribution is 2.30. The van der Waals surface area contributed by atoms with Crippen molar-refractivity contribution in [2.75, 3.05) is 5.32 Å². The molecular formula is C15H15F3N4O2S. The average Bonchev–Trinajstić information content (AvgIpc) is 2.55. The minimum atomic E-state index is -4.43. The Morgan fingerprint density at radius 2 is 1.92 bits per heavy atom. The predicted molar refractivity (Wildman–Crippen MR) is 87.4 cm³/mol. The average molecular weight is 372 g/mol. The number of rotatable bonds is 5. The fourth-order valence-electron chi connectivity index (χ4n) is 1.85. The summed E-state index contributed by atoms with van der Waals surface area (Å²) in [5.74, 6) is -0.407. The number of hydrogen-bond donors (Lipinski definition) is 2. The molecule has 6 nitrogen and oxygen atoms in total. The number of aromatic nitrogens is 3. The van der Waals surface area contributed by atoms with Crippen molar-refractivity contribution in [2.45, 2.75) is 36.9 Å². The maximum absolute atomic E-state index is 12.5. The van der Waals surface area contributed by atoms with E-state index in [2.05, 4.69) is 20.5 Å². The smallest absolute Gasteiger partial charge is 0.325 e. The van der Waals surface area contributed by atoms with E-state index >= 15 is 0 Å². The van der Waals surface area contributed by atoms with Gasteiger partial charge in [-0.25, -0.2) is 0 Å². The van der Waals surface area contributed by atoms with E-state index in [1.54, 1.807) is 6.92 Å². The van der Waals surface area contributed by atoms with Crippen molar-refractivity contribution in [1.82, 2.24) is 15.2 Å². The molecule has 0 saturated heterocycles. The predicted octanol–water partition coefficient (Wildman–Crippen LogP) is 3.00. The molecule has 0 aliphatic rings. The molecule has 0 aliphatic carbocycles. The summed E-state index contributed by atoms with van der Waals surface area (Å²) in [5.41, 5.74) is -0.720. The first kappa shape index (κ1) is 19.0. The number of alkyl halides is 3. The maximum atomic E-state index is 12.5. The number of nitrogens with zero attached hydrogens (tertiary/aromatic N) is 2. The second kappa shape index (κ2) is 7.68. The van der Waals surface area contributed by atoms with Crippen LogP contribution in [0.5, 0.6) is 0 Å². The molecule has 10 heteroatoms. The molecule has 0 bridgehead atoms. The Morgan fingerprint density at radius 1 is 1.28 bits per heavy atom.